The van der Waals surface area contributed by atoms with Crippen molar-refractivity contribution < 1.29 is 28.7 Å². The van der Waals surface area contributed by atoms with E-state index in [9.17, 15) is 0 Å². The molecule has 1 aromatic rings. The summed E-state index contributed by atoms with van der Waals surface area (Å²) in [5.41, 5.74) is 0.974. The van der Waals surface area contributed by atoms with E-state index in [4.69, 9.17) is 52.5 Å². The lowest BCUT2D eigenvalue weighted by molar-refractivity contribution is 0.403. The van der Waals surface area contributed by atoms with Gasteiger partial charge in [0.1, 0.15) is 0 Å². The average Bonchev–Trinajstić information content (AvgIpc) is 2.19. The minimum Gasteiger partial charge on any atom is -0.350 e. The normalized spacial score (nSPS) is 9.05. The number of thiocarbonyl (C=S) groups is 1. The van der Waals surface area contributed by atoms with Crippen LogP contribution in [-0.4, -0.2) is 24.6 Å². The molecule has 0 amide bonds. The molecule has 5 N–H and O–H groups in total. The third kappa shape index (κ3) is 23.2. The van der Waals surface area contributed by atoms with Gasteiger partial charge in [0.2, 0.25) is 0 Å². The second-order valence-corrected chi connectivity index (χ2v) is 4.93. The molecule has 1 aromatic carbocycles. The number of hydrogen-bond donors (Lipinski definition) is 5. The Morgan fingerprint density at radius 3 is 1.68 bits per heavy atom. The van der Waals surface area contributed by atoms with Crippen molar-refractivity contribution in [3.05, 3.63) is 29.3 Å². The second kappa shape index (κ2) is 12.7. The van der Waals surface area contributed by atoms with Gasteiger partial charge in [0.05, 0.1) is 4.99 Å². The van der Waals surface area contributed by atoms with Crippen LogP contribution in [0.2, 0.25) is 5.02 Å². The molecular formula is C8H14ClNO6P2S. The Morgan fingerprint density at radius 2 is 1.42 bits per heavy atom. The van der Waals surface area contributed by atoms with Crippen LogP contribution >= 0.6 is 40.3 Å². The van der Waals surface area contributed by atoms with E-state index in [0.717, 1.165) is 15.7 Å². The summed E-state index contributed by atoms with van der Waals surface area (Å²) in [6.45, 7) is 1.84. The van der Waals surface area contributed by atoms with Crippen molar-refractivity contribution in [2.24, 2.45) is 0 Å². The fourth-order valence-electron chi connectivity index (χ4n) is 0.736. The number of nitrogens with one attached hydrogen (secondary N) is 1. The number of halogens is 1. The predicted molar refractivity (Wildman–Crippen MR) is 80.2 cm³/mol. The van der Waals surface area contributed by atoms with Crippen molar-refractivity contribution in [3.63, 3.8) is 0 Å². The molecular weight excluding hydrogens is 336 g/mol. The molecule has 19 heavy (non-hydrogen) atoms. The van der Waals surface area contributed by atoms with E-state index >= 15 is 0 Å². The highest BCUT2D eigenvalue weighted by atomic mass is 35.5. The molecule has 0 saturated heterocycles. The lowest BCUT2D eigenvalue weighted by atomic mass is 10.3. The first-order chi connectivity index (χ1) is 8.65. The van der Waals surface area contributed by atoms with Gasteiger partial charge < -0.3 is 24.9 Å². The SMILES string of the molecule is CC(=S)Nc1ccc(Cl)cc1.O=[PH](O)O.O=[PH](O)O. The van der Waals surface area contributed by atoms with Crippen LogP contribution in [0.15, 0.2) is 24.3 Å². The number of anilines is 1. The monoisotopic (exact) mass is 349 g/mol. The van der Waals surface area contributed by atoms with E-state index < -0.39 is 16.5 Å². The molecule has 0 aliphatic carbocycles. The lowest BCUT2D eigenvalue weighted by Gasteiger charge is -2.02. The van der Waals surface area contributed by atoms with E-state index in [-0.39, 0.29) is 0 Å². The van der Waals surface area contributed by atoms with E-state index in [1.807, 2.05) is 31.2 Å². The van der Waals surface area contributed by atoms with Gasteiger partial charge >= 0.3 is 16.5 Å². The molecule has 0 heterocycles. The van der Waals surface area contributed by atoms with E-state index in [1.165, 1.54) is 0 Å². The molecule has 0 bridgehead atoms. The van der Waals surface area contributed by atoms with Crippen LogP contribution in [0, 0.1) is 0 Å². The Balaban J connectivity index is 0. The first-order valence-corrected chi connectivity index (χ1v) is 7.91. The Labute approximate surface area is 121 Å². The maximum Gasteiger partial charge on any atom is 0.314 e. The number of rotatable bonds is 1. The molecule has 7 nitrogen and oxygen atoms in total. The highest BCUT2D eigenvalue weighted by Gasteiger charge is 1.90. The van der Waals surface area contributed by atoms with Crippen molar-refractivity contribution in [1.82, 2.24) is 0 Å². The topological polar surface area (TPSA) is 127 Å². The van der Waals surface area contributed by atoms with Crippen LogP contribution in [-0.2, 0) is 9.13 Å². The quantitative estimate of drug-likeness (QED) is 0.384. The van der Waals surface area contributed by atoms with Gasteiger partial charge in [0.25, 0.3) is 0 Å². The van der Waals surface area contributed by atoms with Crippen molar-refractivity contribution >= 4 is 51.0 Å². The summed E-state index contributed by atoms with van der Waals surface area (Å²) in [5.74, 6) is 0. The second-order valence-electron chi connectivity index (χ2n) is 2.75. The van der Waals surface area contributed by atoms with Gasteiger partial charge in [-0.05, 0) is 31.2 Å². The van der Waals surface area contributed by atoms with Gasteiger partial charge in [-0.15, -0.1) is 0 Å². The molecule has 0 aliphatic rings. The van der Waals surface area contributed by atoms with Gasteiger partial charge in [-0.3, -0.25) is 9.13 Å². The van der Waals surface area contributed by atoms with Crippen LogP contribution in [0.3, 0.4) is 0 Å². The van der Waals surface area contributed by atoms with Crippen LogP contribution in [0.5, 0.6) is 0 Å². The van der Waals surface area contributed by atoms with Crippen molar-refractivity contribution in [3.8, 4) is 0 Å². The first kappa shape index (κ1) is 21.0. The Morgan fingerprint density at radius 1 is 1.11 bits per heavy atom. The Bertz CT molecular complexity index is 410. The van der Waals surface area contributed by atoms with Gasteiger partial charge in [-0.2, -0.15) is 0 Å². The zero-order chi connectivity index (χ0) is 15.4. The summed E-state index contributed by atoms with van der Waals surface area (Å²) in [5, 5.41) is 3.74. The van der Waals surface area contributed by atoms with Crippen molar-refractivity contribution in [2.75, 3.05) is 5.32 Å². The summed E-state index contributed by atoms with van der Waals surface area (Å²) in [4.78, 5) is 29.4. The van der Waals surface area contributed by atoms with Gasteiger partial charge in [0.15, 0.2) is 0 Å². The maximum absolute atomic E-state index is 8.74. The van der Waals surface area contributed by atoms with E-state index in [0.29, 0.717) is 0 Å². The summed E-state index contributed by atoms with van der Waals surface area (Å²) < 4.78 is 17.5. The van der Waals surface area contributed by atoms with Crippen LogP contribution < -0.4 is 5.32 Å². The fraction of sp³-hybridized carbons (Fsp3) is 0.125. The molecule has 0 fully saturated rings. The Hall–Kier alpha value is -0.300. The molecule has 0 aliphatic heterocycles. The van der Waals surface area contributed by atoms with Crippen molar-refractivity contribution in [2.45, 2.75) is 6.92 Å². The molecule has 110 valence electrons. The highest BCUT2D eigenvalue weighted by Crippen LogP contribution is 2.13. The largest absolute Gasteiger partial charge is 0.350 e. The third-order valence-electron chi connectivity index (χ3n) is 1.16. The summed E-state index contributed by atoms with van der Waals surface area (Å²) >= 11 is 10.6. The minimum atomic E-state index is -3.13. The summed E-state index contributed by atoms with van der Waals surface area (Å²) in [6.07, 6.45) is 0. The van der Waals surface area contributed by atoms with Crippen LogP contribution in [0.25, 0.3) is 0 Å². The molecule has 11 heteroatoms. The van der Waals surface area contributed by atoms with Crippen molar-refractivity contribution in [1.29, 1.82) is 0 Å². The van der Waals surface area contributed by atoms with Gasteiger partial charge in [0, 0.05) is 10.7 Å². The average molecular weight is 350 g/mol. The predicted octanol–water partition coefficient (Wildman–Crippen LogP) is 1.82. The molecule has 0 unspecified atom stereocenters. The Kier molecular flexibility index (Phi) is 14.1. The molecule has 0 saturated carbocycles. The fourth-order valence-corrected chi connectivity index (χ4v) is 0.980. The maximum atomic E-state index is 8.74. The smallest absolute Gasteiger partial charge is 0.314 e. The van der Waals surface area contributed by atoms with Crippen LogP contribution in [0.4, 0.5) is 5.69 Å². The van der Waals surface area contributed by atoms with E-state index in [2.05, 4.69) is 5.32 Å². The first-order valence-electron chi connectivity index (χ1n) is 4.52. The van der Waals surface area contributed by atoms with Gasteiger partial charge in [-0.1, -0.05) is 23.8 Å². The minimum absolute atomic E-state index is 0.734. The number of benzene rings is 1. The highest BCUT2D eigenvalue weighted by molar-refractivity contribution is 7.80. The summed E-state index contributed by atoms with van der Waals surface area (Å²) in [7, 11) is -6.26. The van der Waals surface area contributed by atoms with E-state index in [1.54, 1.807) is 0 Å². The number of hydrogen-bond acceptors (Lipinski definition) is 3. The zero-order valence-electron chi connectivity index (χ0n) is 9.70. The summed E-state index contributed by atoms with van der Waals surface area (Å²) in [6, 6.07) is 7.42. The standard InChI is InChI=1S/C8H8ClNS.2H3O3P/c1-6(11)10-8-4-2-7(9)3-5-8;2*1-4(2)3/h2-5H,1H3,(H,10,11);2*4H,(H2,1,2,3). The molecule has 0 radical (unpaired) electrons. The molecule has 0 spiro atoms. The van der Waals surface area contributed by atoms with Crippen LogP contribution in [0.1, 0.15) is 6.92 Å². The third-order valence-corrected chi connectivity index (χ3v) is 1.52. The van der Waals surface area contributed by atoms with Gasteiger partial charge in [-0.25, -0.2) is 0 Å². The molecule has 0 atom stereocenters. The molecule has 0 aromatic heterocycles. The zero-order valence-corrected chi connectivity index (χ0v) is 13.3. The molecule has 1 rings (SSSR count). The lowest BCUT2D eigenvalue weighted by Crippen LogP contribution is -2.02.